The van der Waals surface area contributed by atoms with Gasteiger partial charge in [0.25, 0.3) is 0 Å². The van der Waals surface area contributed by atoms with Gasteiger partial charge in [-0.25, -0.2) is 9.37 Å². The average molecular weight is 490 g/mol. The van der Waals surface area contributed by atoms with Crippen LogP contribution in [0.15, 0.2) is 34.8 Å². The van der Waals surface area contributed by atoms with Crippen LogP contribution in [0.2, 0.25) is 0 Å². The van der Waals surface area contributed by atoms with E-state index in [0.717, 1.165) is 23.8 Å². The first-order valence-corrected chi connectivity index (χ1v) is 9.20. The number of thiazole rings is 1. The van der Waals surface area contributed by atoms with Crippen molar-refractivity contribution in [2.24, 2.45) is 4.99 Å². The Morgan fingerprint density at radius 2 is 2.12 bits per heavy atom. The largest absolute Gasteiger partial charge is 0.367 e. The summed E-state index contributed by atoms with van der Waals surface area (Å²) in [6.45, 7) is 6.20. The fraction of sp³-hybridized carbons (Fsp3) is 0.444. The summed E-state index contributed by atoms with van der Waals surface area (Å²) < 4.78 is 19.2. The lowest BCUT2D eigenvalue weighted by Crippen LogP contribution is -2.50. The van der Waals surface area contributed by atoms with Crippen molar-refractivity contribution in [1.82, 2.24) is 15.2 Å². The standard InChI is InChI=1S/C18H23FN4OS.HI/c1-12-9-23(10-16(24-12)14-4-6-15(19)7-5-14)18(20-3)21-8-17-13(2)22-11-25-17;/h4-7,11-12,16H,8-10H2,1-3H3,(H,20,21);1H. The molecule has 1 aromatic heterocycles. The highest BCUT2D eigenvalue weighted by atomic mass is 127. The maximum Gasteiger partial charge on any atom is 0.194 e. The zero-order valence-electron chi connectivity index (χ0n) is 15.1. The van der Waals surface area contributed by atoms with Gasteiger partial charge in [0.15, 0.2) is 5.96 Å². The molecule has 5 nitrogen and oxygen atoms in total. The van der Waals surface area contributed by atoms with Crippen molar-refractivity contribution in [2.75, 3.05) is 20.1 Å². The maximum atomic E-state index is 13.2. The van der Waals surface area contributed by atoms with E-state index in [2.05, 4.69) is 20.2 Å². The highest BCUT2D eigenvalue weighted by Crippen LogP contribution is 2.25. The van der Waals surface area contributed by atoms with E-state index in [0.29, 0.717) is 13.1 Å². The Morgan fingerprint density at radius 1 is 1.38 bits per heavy atom. The van der Waals surface area contributed by atoms with Crippen LogP contribution in [0.5, 0.6) is 0 Å². The predicted octanol–water partition coefficient (Wildman–Crippen LogP) is 3.75. The number of morpholine rings is 1. The van der Waals surface area contributed by atoms with Crippen LogP contribution in [0.4, 0.5) is 4.39 Å². The molecule has 1 saturated heterocycles. The zero-order chi connectivity index (χ0) is 17.8. The third kappa shape index (κ3) is 5.14. The Hall–Kier alpha value is -1.26. The van der Waals surface area contributed by atoms with Crippen molar-refractivity contribution in [3.63, 3.8) is 0 Å². The smallest absolute Gasteiger partial charge is 0.194 e. The van der Waals surface area contributed by atoms with Gasteiger partial charge in [0.05, 0.1) is 30.4 Å². The van der Waals surface area contributed by atoms with Crippen molar-refractivity contribution < 1.29 is 9.13 Å². The molecule has 2 aromatic rings. The molecule has 1 aliphatic heterocycles. The first-order chi connectivity index (χ1) is 12.1. The van der Waals surface area contributed by atoms with Gasteiger partial charge in [-0.05, 0) is 31.5 Å². The van der Waals surface area contributed by atoms with Crippen molar-refractivity contribution in [3.8, 4) is 0 Å². The summed E-state index contributed by atoms with van der Waals surface area (Å²) in [7, 11) is 1.79. The molecule has 1 aliphatic rings. The Morgan fingerprint density at radius 3 is 2.73 bits per heavy atom. The van der Waals surface area contributed by atoms with Crippen LogP contribution in [0.1, 0.15) is 29.2 Å². The first kappa shape index (κ1) is 21.0. The summed E-state index contributed by atoms with van der Waals surface area (Å²) in [5.74, 6) is 0.608. The highest BCUT2D eigenvalue weighted by Gasteiger charge is 2.28. The van der Waals surface area contributed by atoms with Gasteiger partial charge in [0.1, 0.15) is 11.9 Å². The molecule has 3 rings (SSSR count). The molecule has 1 fully saturated rings. The Bertz CT molecular complexity index is 737. The fourth-order valence-electron chi connectivity index (χ4n) is 2.97. The van der Waals surface area contributed by atoms with Crippen LogP contribution in [0, 0.1) is 12.7 Å². The van der Waals surface area contributed by atoms with Crippen molar-refractivity contribution >= 4 is 41.3 Å². The molecule has 0 spiro atoms. The van der Waals surface area contributed by atoms with E-state index in [1.54, 1.807) is 30.5 Å². The lowest BCUT2D eigenvalue weighted by Gasteiger charge is -2.38. The number of halogens is 2. The molecule has 1 N–H and O–H groups in total. The lowest BCUT2D eigenvalue weighted by atomic mass is 10.1. The molecule has 2 atom stereocenters. The van der Waals surface area contributed by atoms with Gasteiger partial charge in [-0.2, -0.15) is 0 Å². The summed E-state index contributed by atoms with van der Waals surface area (Å²) in [6.07, 6.45) is -0.0412. The van der Waals surface area contributed by atoms with Gasteiger partial charge < -0.3 is 15.0 Å². The topological polar surface area (TPSA) is 49.8 Å². The van der Waals surface area contributed by atoms with Crippen LogP contribution >= 0.6 is 35.3 Å². The third-order valence-corrected chi connectivity index (χ3v) is 5.20. The molecule has 2 unspecified atom stereocenters. The molecule has 0 aliphatic carbocycles. The molecule has 8 heteroatoms. The van der Waals surface area contributed by atoms with Gasteiger partial charge in [-0.15, -0.1) is 35.3 Å². The summed E-state index contributed by atoms with van der Waals surface area (Å²) in [5, 5.41) is 3.41. The Balaban J connectivity index is 0.00000243. The number of nitrogens with one attached hydrogen (secondary N) is 1. The molecule has 1 aromatic carbocycles. The number of guanidine groups is 1. The van der Waals surface area contributed by atoms with E-state index in [1.165, 1.54) is 17.0 Å². The molecule has 2 heterocycles. The third-order valence-electron chi connectivity index (χ3n) is 4.27. The van der Waals surface area contributed by atoms with E-state index < -0.39 is 0 Å². The molecule has 0 bridgehead atoms. The van der Waals surface area contributed by atoms with Gasteiger partial charge >= 0.3 is 0 Å². The van der Waals surface area contributed by atoms with E-state index in [-0.39, 0.29) is 42.0 Å². The van der Waals surface area contributed by atoms with E-state index in [9.17, 15) is 4.39 Å². The minimum Gasteiger partial charge on any atom is -0.367 e. The summed E-state index contributed by atoms with van der Waals surface area (Å²) in [4.78, 5) is 12.1. The molecule has 0 radical (unpaired) electrons. The Labute approximate surface area is 174 Å². The second kappa shape index (κ2) is 9.61. The molecular weight excluding hydrogens is 466 g/mol. The van der Waals surface area contributed by atoms with Crippen LogP contribution < -0.4 is 5.32 Å². The van der Waals surface area contributed by atoms with Gasteiger partial charge in [-0.1, -0.05) is 12.1 Å². The molecule has 0 saturated carbocycles. The number of nitrogens with zero attached hydrogens (tertiary/aromatic N) is 3. The fourth-order valence-corrected chi connectivity index (χ4v) is 3.69. The monoisotopic (exact) mass is 490 g/mol. The molecule has 26 heavy (non-hydrogen) atoms. The number of aryl methyl sites for hydroxylation is 1. The summed E-state index contributed by atoms with van der Waals surface area (Å²) in [5.41, 5.74) is 3.88. The van der Waals surface area contributed by atoms with Crippen LogP contribution in [0.25, 0.3) is 0 Å². The van der Waals surface area contributed by atoms with Gasteiger partial charge in [0, 0.05) is 18.5 Å². The lowest BCUT2D eigenvalue weighted by molar-refractivity contribution is -0.0605. The minimum absolute atomic E-state index is 0. The minimum atomic E-state index is -0.234. The number of hydrogen-bond acceptors (Lipinski definition) is 4. The predicted molar refractivity (Wildman–Crippen MR) is 114 cm³/mol. The maximum absolute atomic E-state index is 13.2. The van der Waals surface area contributed by atoms with Crippen LogP contribution in [0.3, 0.4) is 0 Å². The summed E-state index contributed by atoms with van der Waals surface area (Å²) >= 11 is 1.64. The molecule has 0 amide bonds. The SMILES string of the molecule is CN=C(NCc1scnc1C)N1CC(C)OC(c2ccc(F)cc2)C1.I. The van der Waals surface area contributed by atoms with E-state index in [4.69, 9.17) is 4.74 Å². The van der Waals surface area contributed by atoms with Crippen LogP contribution in [-0.2, 0) is 11.3 Å². The number of rotatable bonds is 3. The van der Waals surface area contributed by atoms with Crippen molar-refractivity contribution in [1.29, 1.82) is 0 Å². The average Bonchev–Trinajstić information content (AvgIpc) is 3.01. The van der Waals surface area contributed by atoms with Crippen molar-refractivity contribution in [2.45, 2.75) is 32.6 Å². The number of benzene rings is 1. The molecular formula is C18H24FIN4OS. The van der Waals surface area contributed by atoms with E-state index >= 15 is 0 Å². The normalized spacial score (nSPS) is 20.6. The number of hydrogen-bond donors (Lipinski definition) is 1. The Kier molecular flexibility index (Phi) is 7.78. The van der Waals surface area contributed by atoms with Gasteiger partial charge in [-0.3, -0.25) is 4.99 Å². The highest BCUT2D eigenvalue weighted by molar-refractivity contribution is 14.0. The number of aliphatic imine (C=N–C) groups is 1. The number of ether oxygens (including phenoxy) is 1. The first-order valence-electron chi connectivity index (χ1n) is 8.32. The quantitative estimate of drug-likeness (QED) is 0.405. The number of aromatic nitrogens is 1. The van der Waals surface area contributed by atoms with Crippen molar-refractivity contribution in [3.05, 3.63) is 51.7 Å². The molecule has 142 valence electrons. The van der Waals surface area contributed by atoms with Gasteiger partial charge in [0.2, 0.25) is 0 Å². The zero-order valence-corrected chi connectivity index (χ0v) is 18.3. The second-order valence-corrected chi connectivity index (χ2v) is 7.09. The van der Waals surface area contributed by atoms with Crippen LogP contribution in [-0.4, -0.2) is 42.1 Å². The van der Waals surface area contributed by atoms with E-state index in [1.807, 2.05) is 19.4 Å². The summed E-state index contributed by atoms with van der Waals surface area (Å²) in [6, 6.07) is 6.52. The second-order valence-electron chi connectivity index (χ2n) is 6.15.